The minimum atomic E-state index is -0.0684. The van der Waals surface area contributed by atoms with Gasteiger partial charge in [-0.25, -0.2) is 9.97 Å². The number of carbonyl (C=O) groups is 1. The topological polar surface area (TPSA) is 129 Å². The van der Waals surface area contributed by atoms with Crippen LogP contribution in [0.5, 0.6) is 0 Å². The Morgan fingerprint density at radius 1 is 1.03 bits per heavy atom. The molecular formula is C27H35ClN8O2. The van der Waals surface area contributed by atoms with Crippen LogP contribution in [-0.4, -0.2) is 80.3 Å². The Labute approximate surface area is 228 Å². The summed E-state index contributed by atoms with van der Waals surface area (Å²) in [6.07, 6.45) is 2.28. The molecule has 10 nitrogen and oxygen atoms in total. The summed E-state index contributed by atoms with van der Waals surface area (Å²) < 4.78 is 5.38. The fourth-order valence-electron chi connectivity index (χ4n) is 4.15. The molecule has 0 radical (unpaired) electrons. The molecule has 1 aliphatic heterocycles. The molecule has 6 N–H and O–H groups in total. The number of nitrogens with two attached hydrogens (primary N) is 1. The van der Waals surface area contributed by atoms with Crippen LogP contribution < -0.4 is 27.0 Å². The zero-order valence-corrected chi connectivity index (χ0v) is 22.4. The van der Waals surface area contributed by atoms with E-state index in [9.17, 15) is 4.79 Å². The number of hydrogen-bond acceptors (Lipinski definition) is 9. The van der Waals surface area contributed by atoms with Crippen molar-refractivity contribution in [3.63, 3.8) is 0 Å². The van der Waals surface area contributed by atoms with Crippen molar-refractivity contribution in [3.05, 3.63) is 59.5 Å². The number of amides is 1. The summed E-state index contributed by atoms with van der Waals surface area (Å²) in [5.74, 6) is 0.362. The standard InChI is InChI=1S/C27H35ClN8O2/c1-30-10-11-31-22-8-7-21(17-23(22)35-26-24(29)25(28)33-18-34-26)19-3-5-20(6-4-19)27(37)32-9-2-12-36-13-15-38-16-14-36/h3-8,17-18,30-31H,2,9-16,29H2,1H3,(H,32,37)(H,33,34,35). The number of benzene rings is 2. The highest BCUT2D eigenvalue weighted by Gasteiger charge is 2.13. The van der Waals surface area contributed by atoms with Gasteiger partial charge >= 0.3 is 0 Å². The van der Waals surface area contributed by atoms with Gasteiger partial charge in [0.05, 0.1) is 24.6 Å². The zero-order valence-electron chi connectivity index (χ0n) is 21.6. The number of morpholine rings is 1. The molecule has 202 valence electrons. The molecule has 1 amide bonds. The predicted molar refractivity (Wildman–Crippen MR) is 153 cm³/mol. The van der Waals surface area contributed by atoms with Crippen molar-refractivity contribution in [2.24, 2.45) is 0 Å². The Kier molecular flexibility index (Phi) is 10.1. The maximum absolute atomic E-state index is 12.6. The van der Waals surface area contributed by atoms with Gasteiger partial charge < -0.3 is 31.7 Å². The zero-order chi connectivity index (χ0) is 26.7. The van der Waals surface area contributed by atoms with Crippen LogP contribution in [0.4, 0.5) is 22.9 Å². The van der Waals surface area contributed by atoms with E-state index in [1.54, 1.807) is 0 Å². The lowest BCUT2D eigenvalue weighted by Crippen LogP contribution is -2.38. The largest absolute Gasteiger partial charge is 0.393 e. The first-order chi connectivity index (χ1) is 18.5. The molecule has 38 heavy (non-hydrogen) atoms. The normalized spacial score (nSPS) is 13.7. The van der Waals surface area contributed by atoms with Gasteiger partial charge in [0, 0.05) is 38.3 Å². The number of nitrogens with one attached hydrogen (secondary N) is 4. The molecule has 1 aromatic heterocycles. The Bertz CT molecular complexity index is 1200. The minimum absolute atomic E-state index is 0.0684. The molecule has 4 rings (SSSR count). The van der Waals surface area contributed by atoms with E-state index in [1.165, 1.54) is 6.33 Å². The van der Waals surface area contributed by atoms with Gasteiger partial charge in [0.1, 0.15) is 12.0 Å². The van der Waals surface area contributed by atoms with Crippen molar-refractivity contribution in [3.8, 4) is 11.1 Å². The van der Waals surface area contributed by atoms with Crippen molar-refractivity contribution >= 4 is 40.4 Å². The smallest absolute Gasteiger partial charge is 0.251 e. The van der Waals surface area contributed by atoms with Crippen LogP contribution in [0, 0.1) is 0 Å². The molecule has 2 heterocycles. The lowest BCUT2D eigenvalue weighted by atomic mass is 10.0. The molecule has 0 spiro atoms. The molecule has 3 aromatic rings. The van der Waals surface area contributed by atoms with Gasteiger partial charge in [-0.15, -0.1) is 0 Å². The highest BCUT2D eigenvalue weighted by atomic mass is 35.5. The Balaban J connectivity index is 1.42. The molecule has 1 aliphatic rings. The second-order valence-corrected chi connectivity index (χ2v) is 9.34. The molecule has 0 unspecified atom stereocenters. The number of halogens is 1. The highest BCUT2D eigenvalue weighted by molar-refractivity contribution is 6.32. The number of ether oxygens (including phenoxy) is 1. The van der Waals surface area contributed by atoms with Gasteiger partial charge in [-0.1, -0.05) is 29.8 Å². The predicted octanol–water partition coefficient (Wildman–Crippen LogP) is 3.21. The van der Waals surface area contributed by atoms with E-state index in [0.29, 0.717) is 17.9 Å². The van der Waals surface area contributed by atoms with Gasteiger partial charge in [0.2, 0.25) is 0 Å². The lowest BCUT2D eigenvalue weighted by Gasteiger charge is -2.26. The average molecular weight is 539 g/mol. The maximum atomic E-state index is 12.6. The van der Waals surface area contributed by atoms with Crippen LogP contribution >= 0.6 is 11.6 Å². The number of hydrogen-bond donors (Lipinski definition) is 5. The molecule has 11 heteroatoms. The summed E-state index contributed by atoms with van der Waals surface area (Å²) in [5, 5.41) is 13.0. The molecule has 2 aromatic carbocycles. The quantitative estimate of drug-likeness (QED) is 0.174. The fraction of sp³-hybridized carbons (Fsp3) is 0.370. The second-order valence-electron chi connectivity index (χ2n) is 8.98. The number of rotatable bonds is 12. The van der Waals surface area contributed by atoms with Gasteiger partial charge in [-0.05, 0) is 55.4 Å². The first-order valence-corrected chi connectivity index (χ1v) is 13.2. The molecule has 1 fully saturated rings. The molecule has 0 saturated carbocycles. The van der Waals surface area contributed by atoms with E-state index in [0.717, 1.165) is 74.9 Å². The number of nitrogens with zero attached hydrogens (tertiary/aromatic N) is 3. The van der Waals surface area contributed by atoms with E-state index < -0.39 is 0 Å². The molecular weight excluding hydrogens is 504 g/mol. The first-order valence-electron chi connectivity index (χ1n) is 12.8. The van der Waals surface area contributed by atoms with E-state index in [4.69, 9.17) is 22.1 Å². The number of likely N-dealkylation sites (N-methyl/N-ethyl adjacent to an activating group) is 1. The van der Waals surface area contributed by atoms with E-state index >= 15 is 0 Å². The maximum Gasteiger partial charge on any atom is 0.251 e. The Morgan fingerprint density at radius 3 is 2.55 bits per heavy atom. The van der Waals surface area contributed by atoms with Crippen LogP contribution in [0.3, 0.4) is 0 Å². The third-order valence-corrected chi connectivity index (χ3v) is 6.62. The summed E-state index contributed by atoms with van der Waals surface area (Å²) >= 11 is 6.09. The van der Waals surface area contributed by atoms with Crippen molar-refractivity contribution in [1.82, 2.24) is 25.5 Å². The summed E-state index contributed by atoms with van der Waals surface area (Å²) in [6, 6.07) is 13.6. The van der Waals surface area contributed by atoms with Crippen molar-refractivity contribution in [2.45, 2.75) is 6.42 Å². The van der Waals surface area contributed by atoms with Crippen LogP contribution in [0.25, 0.3) is 11.1 Å². The number of carbonyl (C=O) groups excluding carboxylic acids is 1. The van der Waals surface area contributed by atoms with E-state index in [-0.39, 0.29) is 16.7 Å². The van der Waals surface area contributed by atoms with Gasteiger partial charge in [0.25, 0.3) is 5.91 Å². The number of nitrogen functional groups attached to an aromatic ring is 1. The molecule has 0 aliphatic carbocycles. The summed E-state index contributed by atoms with van der Waals surface area (Å²) in [6.45, 7) is 6.64. The summed E-state index contributed by atoms with van der Waals surface area (Å²) in [7, 11) is 1.91. The van der Waals surface area contributed by atoms with Crippen LogP contribution in [0.1, 0.15) is 16.8 Å². The van der Waals surface area contributed by atoms with Gasteiger partial charge in [-0.3, -0.25) is 9.69 Å². The summed E-state index contributed by atoms with van der Waals surface area (Å²) in [5.41, 5.74) is 10.6. The van der Waals surface area contributed by atoms with Crippen molar-refractivity contribution < 1.29 is 9.53 Å². The van der Waals surface area contributed by atoms with E-state index in [1.807, 2.05) is 49.5 Å². The highest BCUT2D eigenvalue weighted by Crippen LogP contribution is 2.33. The third-order valence-electron chi connectivity index (χ3n) is 6.32. The number of anilines is 4. The lowest BCUT2D eigenvalue weighted by molar-refractivity contribution is 0.0374. The number of aromatic nitrogens is 2. The second kappa shape index (κ2) is 13.9. The fourth-order valence-corrected chi connectivity index (χ4v) is 4.28. The molecule has 0 bridgehead atoms. The van der Waals surface area contributed by atoms with Gasteiger partial charge in [-0.2, -0.15) is 0 Å². The van der Waals surface area contributed by atoms with Crippen molar-refractivity contribution in [1.29, 1.82) is 0 Å². The Hall–Kier alpha value is -3.44. The Morgan fingerprint density at radius 2 is 1.79 bits per heavy atom. The SMILES string of the molecule is CNCCNc1ccc(-c2ccc(C(=O)NCCCN3CCOCC3)cc2)cc1Nc1ncnc(Cl)c1N. The van der Waals surface area contributed by atoms with Gasteiger partial charge in [0.15, 0.2) is 11.0 Å². The monoisotopic (exact) mass is 538 g/mol. The van der Waals surface area contributed by atoms with Crippen LogP contribution in [0.2, 0.25) is 5.15 Å². The molecule has 1 saturated heterocycles. The summed E-state index contributed by atoms with van der Waals surface area (Å²) in [4.78, 5) is 23.2. The van der Waals surface area contributed by atoms with Crippen molar-refractivity contribution in [2.75, 3.05) is 75.9 Å². The molecule has 0 atom stereocenters. The first kappa shape index (κ1) is 27.6. The van der Waals surface area contributed by atoms with E-state index in [2.05, 4.69) is 36.1 Å². The minimum Gasteiger partial charge on any atom is -0.393 e. The third kappa shape index (κ3) is 7.55. The van der Waals surface area contributed by atoms with Crippen LogP contribution in [0.15, 0.2) is 48.8 Å². The van der Waals surface area contributed by atoms with Crippen LogP contribution in [-0.2, 0) is 4.74 Å². The average Bonchev–Trinajstić information content (AvgIpc) is 2.95.